The fraction of sp³-hybridized carbons (Fsp3) is 0.441. The number of hydrogen-bond acceptors (Lipinski definition) is 6. The van der Waals surface area contributed by atoms with Gasteiger partial charge in [-0.3, -0.25) is 14.4 Å². The van der Waals surface area contributed by atoms with Crippen LogP contribution in [-0.4, -0.2) is 76.1 Å². The Morgan fingerprint density at radius 2 is 1.75 bits per heavy atom. The van der Waals surface area contributed by atoms with Crippen LogP contribution in [0.15, 0.2) is 66.8 Å². The van der Waals surface area contributed by atoms with Gasteiger partial charge >= 0.3 is 0 Å². The molecule has 0 aromatic heterocycles. The normalized spacial score (nSPS) is 28.6. The summed E-state index contributed by atoms with van der Waals surface area (Å²) in [6.07, 6.45) is 7.92. The molecule has 44 heavy (non-hydrogen) atoms. The summed E-state index contributed by atoms with van der Waals surface area (Å²) >= 11 is 8.19. The molecular formula is C34H38ClN3O5S. The van der Waals surface area contributed by atoms with Gasteiger partial charge in [0.25, 0.3) is 5.91 Å². The minimum Gasteiger partial charge on any atom is -0.494 e. The molecule has 0 bridgehead atoms. The zero-order valence-electron chi connectivity index (χ0n) is 25.4. The van der Waals surface area contributed by atoms with Crippen molar-refractivity contribution in [1.29, 1.82) is 0 Å². The van der Waals surface area contributed by atoms with E-state index in [1.165, 1.54) is 11.8 Å². The third-order valence-corrected chi connectivity index (χ3v) is 11.4. The molecule has 2 aromatic rings. The van der Waals surface area contributed by atoms with Crippen molar-refractivity contribution in [1.82, 2.24) is 4.90 Å². The Morgan fingerprint density at radius 1 is 1.02 bits per heavy atom. The third kappa shape index (κ3) is 4.75. The minimum atomic E-state index is -1.00. The molecule has 1 unspecified atom stereocenters. The average Bonchev–Trinajstić information content (AvgIpc) is 3.30. The molecule has 4 aliphatic rings. The molecule has 2 saturated heterocycles. The SMILES string of the molecule is CCOc1ccc(N2CC=C[C@@H]3S[C@]45C=CCN(c6c(C)cccc6Cl)C(=O)C4N([C@@H](CO)C(C)C)C(=O)[C@@H]5[C@@H]3C2=O)cc1. The Balaban J connectivity index is 1.46. The first kappa shape index (κ1) is 30.7. The number of aliphatic hydroxyl groups is 1. The predicted molar refractivity (Wildman–Crippen MR) is 174 cm³/mol. The van der Waals surface area contributed by atoms with E-state index in [0.717, 1.165) is 17.0 Å². The number of aliphatic hydroxyl groups excluding tert-OH is 1. The molecule has 3 amide bonds. The van der Waals surface area contributed by atoms with Gasteiger partial charge in [0.2, 0.25) is 11.8 Å². The second-order valence-corrected chi connectivity index (χ2v) is 14.0. The van der Waals surface area contributed by atoms with E-state index in [0.29, 0.717) is 23.9 Å². The average molecular weight is 636 g/mol. The number of carbonyl (C=O) groups excluding carboxylic acids is 3. The maximum atomic E-state index is 14.8. The predicted octanol–water partition coefficient (Wildman–Crippen LogP) is 4.87. The van der Waals surface area contributed by atoms with Crippen molar-refractivity contribution in [3.63, 3.8) is 0 Å². The molecular weight excluding hydrogens is 598 g/mol. The minimum absolute atomic E-state index is 0.124. The number of para-hydroxylation sites is 1. The van der Waals surface area contributed by atoms with Crippen LogP contribution >= 0.6 is 23.4 Å². The highest BCUT2D eigenvalue weighted by Crippen LogP contribution is 2.62. The van der Waals surface area contributed by atoms with E-state index in [-0.39, 0.29) is 42.0 Å². The monoisotopic (exact) mass is 635 g/mol. The highest BCUT2D eigenvalue weighted by molar-refractivity contribution is 8.02. The molecule has 4 aliphatic heterocycles. The number of fused-ring (bicyclic) bond motifs is 2. The third-order valence-electron chi connectivity index (χ3n) is 9.33. The van der Waals surface area contributed by atoms with Crippen LogP contribution in [0.3, 0.4) is 0 Å². The van der Waals surface area contributed by atoms with E-state index < -0.39 is 28.7 Å². The van der Waals surface area contributed by atoms with Gasteiger partial charge in [-0.25, -0.2) is 0 Å². The number of benzene rings is 2. The number of nitrogens with zero attached hydrogens (tertiary/aromatic N) is 3. The number of halogens is 1. The molecule has 2 aromatic carbocycles. The Morgan fingerprint density at radius 3 is 2.41 bits per heavy atom. The van der Waals surface area contributed by atoms with Crippen LogP contribution < -0.4 is 14.5 Å². The summed E-state index contributed by atoms with van der Waals surface area (Å²) in [6.45, 7) is 8.60. The Kier molecular flexibility index (Phi) is 8.32. The van der Waals surface area contributed by atoms with Crippen molar-refractivity contribution in [3.05, 3.63) is 77.4 Å². The lowest BCUT2D eigenvalue weighted by Crippen LogP contribution is -2.57. The number of ether oxygens (including phenoxy) is 1. The number of thioether (sulfide) groups is 1. The number of hydrogen-bond donors (Lipinski definition) is 1. The van der Waals surface area contributed by atoms with E-state index in [2.05, 4.69) is 0 Å². The van der Waals surface area contributed by atoms with Crippen LogP contribution in [0, 0.1) is 24.7 Å². The van der Waals surface area contributed by atoms with Crippen LogP contribution in [-0.2, 0) is 14.4 Å². The lowest BCUT2D eigenvalue weighted by Gasteiger charge is -2.40. The summed E-state index contributed by atoms with van der Waals surface area (Å²) in [5.74, 6) is -1.57. The quantitative estimate of drug-likeness (QED) is 0.437. The van der Waals surface area contributed by atoms with Gasteiger partial charge < -0.3 is 24.5 Å². The van der Waals surface area contributed by atoms with Crippen molar-refractivity contribution in [2.24, 2.45) is 17.8 Å². The topological polar surface area (TPSA) is 90.4 Å². The number of likely N-dealkylation sites (tertiary alicyclic amines) is 1. The number of carbonyl (C=O) groups is 3. The molecule has 8 nitrogen and oxygen atoms in total. The molecule has 4 heterocycles. The van der Waals surface area contributed by atoms with Gasteiger partial charge in [-0.05, 0) is 55.7 Å². The first-order valence-corrected chi connectivity index (χ1v) is 16.5. The van der Waals surface area contributed by atoms with Gasteiger partial charge in [0.15, 0.2) is 0 Å². The van der Waals surface area contributed by atoms with E-state index >= 15 is 0 Å². The van der Waals surface area contributed by atoms with E-state index in [1.807, 2.05) is 88.4 Å². The summed E-state index contributed by atoms with van der Waals surface area (Å²) < 4.78 is 4.59. The molecule has 0 saturated carbocycles. The highest BCUT2D eigenvalue weighted by Gasteiger charge is 2.72. The summed E-state index contributed by atoms with van der Waals surface area (Å²) in [6, 6.07) is 11.4. The second kappa shape index (κ2) is 11.9. The molecule has 0 radical (unpaired) electrons. The van der Waals surface area contributed by atoms with Gasteiger partial charge in [-0.2, -0.15) is 0 Å². The van der Waals surface area contributed by atoms with Gasteiger partial charge in [-0.15, -0.1) is 11.8 Å². The smallest absolute Gasteiger partial charge is 0.251 e. The van der Waals surface area contributed by atoms with Crippen molar-refractivity contribution in [3.8, 4) is 5.75 Å². The van der Waals surface area contributed by atoms with Crippen molar-refractivity contribution < 1.29 is 24.2 Å². The van der Waals surface area contributed by atoms with Gasteiger partial charge in [0, 0.05) is 24.0 Å². The number of amides is 3. The zero-order valence-corrected chi connectivity index (χ0v) is 26.9. The Bertz CT molecular complexity index is 1510. The van der Waals surface area contributed by atoms with Crippen LogP contribution in [0.5, 0.6) is 5.75 Å². The van der Waals surface area contributed by atoms with Crippen molar-refractivity contribution >= 4 is 52.5 Å². The number of aryl methyl sites for hydroxylation is 1. The lowest BCUT2D eigenvalue weighted by molar-refractivity contribution is -0.142. The van der Waals surface area contributed by atoms with Gasteiger partial charge in [-0.1, -0.05) is 61.9 Å². The maximum Gasteiger partial charge on any atom is 0.251 e. The van der Waals surface area contributed by atoms with Crippen LogP contribution in [0.4, 0.5) is 11.4 Å². The number of anilines is 2. The fourth-order valence-electron chi connectivity index (χ4n) is 7.34. The van der Waals surface area contributed by atoms with Crippen molar-refractivity contribution in [2.75, 3.05) is 36.1 Å². The summed E-state index contributed by atoms with van der Waals surface area (Å²) in [7, 11) is 0. The first-order valence-electron chi connectivity index (χ1n) is 15.2. The van der Waals surface area contributed by atoms with E-state index in [9.17, 15) is 19.5 Å². The fourth-order valence-corrected chi connectivity index (χ4v) is 9.66. The van der Waals surface area contributed by atoms with Crippen LogP contribution in [0.2, 0.25) is 5.02 Å². The van der Waals surface area contributed by atoms with Crippen molar-refractivity contribution in [2.45, 2.75) is 49.8 Å². The first-order chi connectivity index (χ1) is 21.1. The summed E-state index contributed by atoms with van der Waals surface area (Å²) in [5.41, 5.74) is 2.17. The molecule has 232 valence electrons. The summed E-state index contributed by atoms with van der Waals surface area (Å²) in [4.78, 5) is 49.0. The molecule has 0 aliphatic carbocycles. The van der Waals surface area contributed by atoms with Gasteiger partial charge in [0.1, 0.15) is 11.8 Å². The standard InChI is InChI=1S/C34H38ClN3O5S/c1-5-43-23-14-12-22(13-15-23)36-17-7-11-26-27(31(36)40)28-32(41)38(25(19-39)20(2)3)30-33(42)37(18-8-16-34(28,30)44-26)29-21(4)9-6-10-24(29)35/h6-16,20,25-28,30,39H,5,17-19H2,1-4H3/t25-,26-,27+,28-,30?,34-/m0/s1. The molecule has 10 heteroatoms. The highest BCUT2D eigenvalue weighted by atomic mass is 35.5. The molecule has 1 spiro atoms. The largest absolute Gasteiger partial charge is 0.494 e. The maximum absolute atomic E-state index is 14.8. The second-order valence-electron chi connectivity index (χ2n) is 12.1. The Hall–Kier alpha value is -3.27. The summed E-state index contributed by atoms with van der Waals surface area (Å²) in [5, 5.41) is 10.7. The molecule has 1 N–H and O–H groups in total. The molecule has 2 fully saturated rings. The Labute approximate surface area is 267 Å². The molecule has 6 rings (SSSR count). The zero-order chi connectivity index (χ0) is 31.3. The van der Waals surface area contributed by atoms with Gasteiger partial charge in [0.05, 0.1) is 46.5 Å². The van der Waals surface area contributed by atoms with Crippen LogP contribution in [0.1, 0.15) is 26.3 Å². The van der Waals surface area contributed by atoms with E-state index in [4.69, 9.17) is 16.3 Å². The lowest BCUT2D eigenvalue weighted by atomic mass is 9.78. The number of rotatable bonds is 7. The van der Waals surface area contributed by atoms with Crippen LogP contribution in [0.25, 0.3) is 0 Å². The van der Waals surface area contributed by atoms with E-state index in [1.54, 1.807) is 20.8 Å². The molecule has 6 atom stereocenters.